The molecule has 0 aromatic heterocycles. The SMILES string of the molecule is COc1cc2c(cc1OC)CN(C(=O)C(CSc1ccc(C)cc1)NC(C)=O)CC2. The first-order valence-corrected chi connectivity index (χ1v) is 10.9. The zero-order chi connectivity index (χ0) is 21.7. The van der Waals surface area contributed by atoms with E-state index in [1.165, 1.54) is 12.5 Å². The van der Waals surface area contributed by atoms with Crippen LogP contribution in [-0.4, -0.2) is 49.3 Å². The highest BCUT2D eigenvalue weighted by molar-refractivity contribution is 7.99. The molecular formula is C23H28N2O4S. The van der Waals surface area contributed by atoms with E-state index < -0.39 is 6.04 Å². The predicted molar refractivity (Wildman–Crippen MR) is 118 cm³/mol. The number of hydrogen-bond acceptors (Lipinski definition) is 5. The van der Waals surface area contributed by atoms with Gasteiger partial charge in [-0.3, -0.25) is 9.59 Å². The van der Waals surface area contributed by atoms with Crippen molar-refractivity contribution in [2.75, 3.05) is 26.5 Å². The smallest absolute Gasteiger partial charge is 0.246 e. The minimum Gasteiger partial charge on any atom is -0.493 e. The molecule has 160 valence electrons. The Bertz CT molecular complexity index is 914. The van der Waals surface area contributed by atoms with Gasteiger partial charge in [0.1, 0.15) is 6.04 Å². The van der Waals surface area contributed by atoms with E-state index in [0.29, 0.717) is 30.3 Å². The van der Waals surface area contributed by atoms with Gasteiger partial charge in [0, 0.05) is 30.7 Å². The number of aryl methyl sites for hydroxylation is 1. The highest BCUT2D eigenvalue weighted by atomic mass is 32.2. The molecule has 0 aliphatic carbocycles. The number of ether oxygens (including phenoxy) is 2. The Morgan fingerprint density at radius 3 is 2.33 bits per heavy atom. The molecule has 1 atom stereocenters. The first-order valence-electron chi connectivity index (χ1n) is 9.90. The van der Waals surface area contributed by atoms with Crippen molar-refractivity contribution >= 4 is 23.6 Å². The third-order valence-corrected chi connectivity index (χ3v) is 6.25. The molecule has 0 fully saturated rings. The maximum atomic E-state index is 13.2. The van der Waals surface area contributed by atoms with Crippen molar-refractivity contribution in [3.63, 3.8) is 0 Å². The van der Waals surface area contributed by atoms with Gasteiger partial charge in [0.05, 0.1) is 14.2 Å². The topological polar surface area (TPSA) is 67.9 Å². The second kappa shape index (κ2) is 9.89. The second-order valence-corrected chi connectivity index (χ2v) is 8.46. The lowest BCUT2D eigenvalue weighted by molar-refractivity contribution is -0.136. The summed E-state index contributed by atoms with van der Waals surface area (Å²) in [4.78, 5) is 27.9. The van der Waals surface area contributed by atoms with Crippen LogP contribution in [0.1, 0.15) is 23.6 Å². The number of rotatable bonds is 7. The molecule has 3 rings (SSSR count). The van der Waals surface area contributed by atoms with E-state index in [0.717, 1.165) is 22.4 Å². The zero-order valence-corrected chi connectivity index (χ0v) is 18.7. The van der Waals surface area contributed by atoms with E-state index in [1.807, 2.05) is 48.2 Å². The van der Waals surface area contributed by atoms with Crippen LogP contribution >= 0.6 is 11.8 Å². The van der Waals surface area contributed by atoms with Crippen LogP contribution in [0.3, 0.4) is 0 Å². The van der Waals surface area contributed by atoms with Crippen LogP contribution in [0.5, 0.6) is 11.5 Å². The molecule has 0 spiro atoms. The highest BCUT2D eigenvalue weighted by Gasteiger charge is 2.29. The van der Waals surface area contributed by atoms with E-state index in [1.54, 1.807) is 26.0 Å². The van der Waals surface area contributed by atoms with Crippen LogP contribution in [0.25, 0.3) is 0 Å². The van der Waals surface area contributed by atoms with Gasteiger partial charge >= 0.3 is 0 Å². The lowest BCUT2D eigenvalue weighted by Gasteiger charge is -2.32. The number of methoxy groups -OCH3 is 2. The summed E-state index contributed by atoms with van der Waals surface area (Å²) >= 11 is 1.57. The lowest BCUT2D eigenvalue weighted by atomic mass is 9.98. The molecule has 7 heteroatoms. The van der Waals surface area contributed by atoms with Gasteiger partial charge in [0.15, 0.2) is 11.5 Å². The van der Waals surface area contributed by atoms with Gasteiger partial charge in [-0.25, -0.2) is 0 Å². The van der Waals surface area contributed by atoms with Crippen LogP contribution in [-0.2, 0) is 22.6 Å². The van der Waals surface area contributed by atoms with Gasteiger partial charge < -0.3 is 19.7 Å². The maximum Gasteiger partial charge on any atom is 0.246 e. The maximum absolute atomic E-state index is 13.2. The van der Waals surface area contributed by atoms with Crippen molar-refractivity contribution in [3.8, 4) is 11.5 Å². The Morgan fingerprint density at radius 2 is 1.73 bits per heavy atom. The molecule has 0 saturated carbocycles. The Morgan fingerprint density at radius 1 is 1.10 bits per heavy atom. The van der Waals surface area contributed by atoms with Gasteiger partial charge in [-0.05, 0) is 48.7 Å². The largest absolute Gasteiger partial charge is 0.493 e. The second-order valence-electron chi connectivity index (χ2n) is 7.36. The van der Waals surface area contributed by atoms with Crippen molar-refractivity contribution < 1.29 is 19.1 Å². The zero-order valence-electron chi connectivity index (χ0n) is 17.9. The minimum absolute atomic E-state index is 0.0646. The molecule has 6 nitrogen and oxygen atoms in total. The number of fused-ring (bicyclic) bond motifs is 1. The number of benzene rings is 2. The van der Waals surface area contributed by atoms with Crippen molar-refractivity contribution in [2.45, 2.75) is 37.8 Å². The van der Waals surface area contributed by atoms with Gasteiger partial charge in [0.25, 0.3) is 0 Å². The Hall–Kier alpha value is -2.67. The van der Waals surface area contributed by atoms with Crippen LogP contribution < -0.4 is 14.8 Å². The summed E-state index contributed by atoms with van der Waals surface area (Å²) in [5, 5.41) is 2.83. The Balaban J connectivity index is 1.73. The molecule has 2 amide bonds. The molecule has 0 radical (unpaired) electrons. The summed E-state index contributed by atoms with van der Waals surface area (Å²) in [6, 6.07) is 11.5. The molecule has 0 saturated heterocycles. The summed E-state index contributed by atoms with van der Waals surface area (Å²) in [6.45, 7) is 4.57. The number of amides is 2. The van der Waals surface area contributed by atoms with E-state index in [4.69, 9.17) is 9.47 Å². The van der Waals surface area contributed by atoms with E-state index in [9.17, 15) is 9.59 Å². The van der Waals surface area contributed by atoms with Crippen molar-refractivity contribution in [2.24, 2.45) is 0 Å². The minimum atomic E-state index is -0.574. The third-order valence-electron chi connectivity index (χ3n) is 5.14. The first kappa shape index (κ1) is 22.0. The van der Waals surface area contributed by atoms with Gasteiger partial charge in [0.2, 0.25) is 11.8 Å². The predicted octanol–water partition coefficient (Wildman–Crippen LogP) is 3.19. The lowest BCUT2D eigenvalue weighted by Crippen LogP contribution is -2.50. The van der Waals surface area contributed by atoms with Crippen LogP contribution in [0.2, 0.25) is 0 Å². The van der Waals surface area contributed by atoms with Gasteiger partial charge in [-0.2, -0.15) is 0 Å². The van der Waals surface area contributed by atoms with Crippen molar-refractivity contribution in [3.05, 3.63) is 53.1 Å². The van der Waals surface area contributed by atoms with E-state index >= 15 is 0 Å². The molecule has 0 bridgehead atoms. The summed E-state index contributed by atoms with van der Waals surface area (Å²) < 4.78 is 10.8. The fraction of sp³-hybridized carbons (Fsp3) is 0.391. The number of nitrogens with zero attached hydrogens (tertiary/aromatic N) is 1. The van der Waals surface area contributed by atoms with Crippen molar-refractivity contribution in [1.82, 2.24) is 10.2 Å². The fourth-order valence-corrected chi connectivity index (χ4v) is 4.44. The molecule has 1 aliphatic rings. The average molecular weight is 429 g/mol. The molecule has 1 aliphatic heterocycles. The molecular weight excluding hydrogens is 400 g/mol. The summed E-state index contributed by atoms with van der Waals surface area (Å²) in [7, 11) is 3.22. The van der Waals surface area contributed by atoms with Crippen LogP contribution in [0, 0.1) is 6.92 Å². The molecule has 30 heavy (non-hydrogen) atoms. The van der Waals surface area contributed by atoms with E-state index in [-0.39, 0.29) is 11.8 Å². The Labute approximate surface area is 181 Å². The quantitative estimate of drug-likeness (QED) is 0.686. The molecule has 2 aromatic carbocycles. The number of carbonyl (C=O) groups excluding carboxylic acids is 2. The average Bonchev–Trinajstić information content (AvgIpc) is 2.75. The van der Waals surface area contributed by atoms with Gasteiger partial charge in [-0.15, -0.1) is 11.8 Å². The summed E-state index contributed by atoms with van der Waals surface area (Å²) in [5.41, 5.74) is 3.38. The highest BCUT2D eigenvalue weighted by Crippen LogP contribution is 2.33. The third kappa shape index (κ3) is 5.27. The standard InChI is InChI=1S/C23H28N2O4S/c1-15-5-7-19(8-6-15)30-14-20(24-16(2)26)23(27)25-10-9-17-11-21(28-3)22(29-4)12-18(17)13-25/h5-8,11-12,20H,9-10,13-14H2,1-4H3,(H,24,26). The molecule has 1 N–H and O–H groups in total. The summed E-state index contributed by atoms with van der Waals surface area (Å²) in [6.07, 6.45) is 0.735. The monoisotopic (exact) mass is 428 g/mol. The molecule has 2 aromatic rings. The van der Waals surface area contributed by atoms with Crippen LogP contribution in [0.4, 0.5) is 0 Å². The molecule has 1 unspecified atom stereocenters. The molecule has 1 heterocycles. The van der Waals surface area contributed by atoms with Gasteiger partial charge in [-0.1, -0.05) is 17.7 Å². The fourth-order valence-electron chi connectivity index (χ4n) is 3.53. The number of hydrogen-bond donors (Lipinski definition) is 1. The van der Waals surface area contributed by atoms with Crippen molar-refractivity contribution in [1.29, 1.82) is 0 Å². The first-order chi connectivity index (χ1) is 14.4. The number of thioether (sulfide) groups is 1. The Kier molecular flexibility index (Phi) is 7.26. The van der Waals surface area contributed by atoms with Crippen LogP contribution in [0.15, 0.2) is 41.3 Å². The van der Waals surface area contributed by atoms with E-state index in [2.05, 4.69) is 5.32 Å². The number of nitrogens with one attached hydrogen (secondary N) is 1. The normalized spacial score (nSPS) is 13.9. The number of carbonyl (C=O) groups is 2. The summed E-state index contributed by atoms with van der Waals surface area (Å²) in [5.74, 6) is 1.56.